The van der Waals surface area contributed by atoms with Crippen molar-refractivity contribution in [3.8, 4) is 0 Å². The number of piperazine rings is 1. The zero-order chi connectivity index (χ0) is 33.6. The van der Waals surface area contributed by atoms with Crippen LogP contribution in [0.3, 0.4) is 0 Å². The molecule has 2 amide bonds. The normalized spacial score (nSPS) is 22.4. The zero-order valence-corrected chi connectivity index (χ0v) is 25.8. The van der Waals surface area contributed by atoms with Crippen molar-refractivity contribution in [3.05, 3.63) is 70.0 Å². The highest BCUT2D eigenvalue weighted by molar-refractivity contribution is 5.81. The Labute approximate surface area is 262 Å². The smallest absolute Gasteiger partial charge is 0.350 e. The number of amides is 2. The van der Waals surface area contributed by atoms with Gasteiger partial charge < -0.3 is 14.6 Å². The molecule has 0 aromatic heterocycles. The van der Waals surface area contributed by atoms with Gasteiger partial charge in [0, 0.05) is 51.7 Å². The standard InChI is InChI=1S/C32H37F7N4O3/c1-19-14-25(33)6-7-27(19)28-18-26(41-10-12-42(13-11-41)29(44)21-4-5-21)8-9-43(28)46-30(45)40(3)20(2)22-15-23(31(34,35)36)17-24(16-22)32(37,38)39/h6-7,14-17,20-21,26,28H,4-5,8-13,18H2,1-3H3/t20-,26-,28-/m1/s1. The number of nitrogens with zero attached hydrogens (tertiary/aromatic N) is 4. The summed E-state index contributed by atoms with van der Waals surface area (Å²) in [6, 6.07) is 3.92. The van der Waals surface area contributed by atoms with Crippen LogP contribution in [-0.2, 0) is 22.0 Å². The Hall–Kier alpha value is -3.39. The molecule has 2 heterocycles. The minimum Gasteiger partial charge on any atom is -0.350 e. The zero-order valence-electron chi connectivity index (χ0n) is 25.8. The van der Waals surface area contributed by atoms with Gasteiger partial charge >= 0.3 is 18.4 Å². The summed E-state index contributed by atoms with van der Waals surface area (Å²) in [5.41, 5.74) is -1.94. The van der Waals surface area contributed by atoms with E-state index in [1.165, 1.54) is 31.2 Å². The summed E-state index contributed by atoms with van der Waals surface area (Å²) in [6.07, 6.45) is -8.03. The first-order valence-corrected chi connectivity index (χ1v) is 15.3. The van der Waals surface area contributed by atoms with E-state index in [1.54, 1.807) is 13.0 Å². The van der Waals surface area contributed by atoms with Crippen LogP contribution in [0.2, 0.25) is 0 Å². The van der Waals surface area contributed by atoms with E-state index in [-0.39, 0.29) is 36.0 Å². The second-order valence-corrected chi connectivity index (χ2v) is 12.5. The van der Waals surface area contributed by atoms with Gasteiger partial charge in [0.2, 0.25) is 5.91 Å². The molecule has 0 N–H and O–H groups in total. The molecule has 2 aromatic rings. The number of hydrogen-bond acceptors (Lipinski definition) is 5. The van der Waals surface area contributed by atoms with Crippen molar-refractivity contribution < 1.29 is 45.2 Å². The molecule has 3 atom stereocenters. The second-order valence-electron chi connectivity index (χ2n) is 12.5. The van der Waals surface area contributed by atoms with Crippen LogP contribution in [0.4, 0.5) is 35.5 Å². The molecule has 2 aromatic carbocycles. The van der Waals surface area contributed by atoms with Crippen molar-refractivity contribution in [3.63, 3.8) is 0 Å². The summed E-state index contributed by atoms with van der Waals surface area (Å²) in [5.74, 6) is -0.0720. The lowest BCUT2D eigenvalue weighted by molar-refractivity contribution is -0.168. The van der Waals surface area contributed by atoms with Crippen LogP contribution >= 0.6 is 0 Å². The molecule has 1 saturated carbocycles. The van der Waals surface area contributed by atoms with Gasteiger partial charge in [0.1, 0.15) is 5.82 Å². The first kappa shape index (κ1) is 34.0. The molecular formula is C32H37F7N4O3. The molecule has 3 fully saturated rings. The van der Waals surface area contributed by atoms with Crippen LogP contribution in [0.15, 0.2) is 36.4 Å². The number of carbonyl (C=O) groups is 2. The molecule has 2 aliphatic heterocycles. The van der Waals surface area contributed by atoms with Crippen molar-refractivity contribution in [2.45, 2.75) is 70.0 Å². The molecule has 0 spiro atoms. The van der Waals surface area contributed by atoms with E-state index in [0.717, 1.165) is 23.3 Å². The van der Waals surface area contributed by atoms with E-state index in [1.807, 2.05) is 4.90 Å². The Bertz CT molecular complexity index is 1410. The molecule has 3 aliphatic rings. The van der Waals surface area contributed by atoms with Gasteiger partial charge in [-0.3, -0.25) is 9.69 Å². The van der Waals surface area contributed by atoms with E-state index in [4.69, 9.17) is 4.84 Å². The van der Waals surface area contributed by atoms with Crippen LogP contribution in [-0.4, -0.2) is 77.6 Å². The van der Waals surface area contributed by atoms with Gasteiger partial charge in [0.05, 0.1) is 23.2 Å². The minimum absolute atomic E-state index is 0.0408. The van der Waals surface area contributed by atoms with Crippen LogP contribution in [0.5, 0.6) is 0 Å². The van der Waals surface area contributed by atoms with E-state index in [2.05, 4.69) is 4.90 Å². The predicted octanol–water partition coefficient (Wildman–Crippen LogP) is 6.98. The number of carbonyl (C=O) groups excluding carboxylic acids is 2. The molecule has 0 bridgehead atoms. The van der Waals surface area contributed by atoms with Crippen molar-refractivity contribution in [2.24, 2.45) is 5.92 Å². The number of piperidine rings is 1. The Morgan fingerprint density at radius 3 is 2.04 bits per heavy atom. The van der Waals surface area contributed by atoms with E-state index < -0.39 is 47.5 Å². The first-order chi connectivity index (χ1) is 21.5. The average Bonchev–Trinajstić information content (AvgIpc) is 3.85. The van der Waals surface area contributed by atoms with Gasteiger partial charge in [0.25, 0.3) is 0 Å². The number of halogens is 7. The lowest BCUT2D eigenvalue weighted by Crippen LogP contribution is -2.55. The molecule has 1 aliphatic carbocycles. The van der Waals surface area contributed by atoms with Gasteiger partial charge in [-0.2, -0.15) is 26.3 Å². The number of benzene rings is 2. The Balaban J connectivity index is 1.32. The molecule has 46 heavy (non-hydrogen) atoms. The lowest BCUT2D eigenvalue weighted by atomic mass is 9.89. The van der Waals surface area contributed by atoms with Gasteiger partial charge in [0.15, 0.2) is 0 Å². The van der Waals surface area contributed by atoms with E-state index in [0.29, 0.717) is 56.7 Å². The van der Waals surface area contributed by atoms with Crippen LogP contribution in [0, 0.1) is 18.7 Å². The van der Waals surface area contributed by atoms with Gasteiger partial charge in [-0.25, -0.2) is 9.18 Å². The van der Waals surface area contributed by atoms with Crippen LogP contribution in [0.25, 0.3) is 0 Å². The van der Waals surface area contributed by atoms with Crippen molar-refractivity contribution in [1.82, 2.24) is 19.8 Å². The SMILES string of the molecule is Cc1cc(F)ccc1[C@H]1C[C@H](N2CCN(C(=O)C3CC3)CC2)CCN1OC(=O)N(C)[C@H](C)c1cc(C(F)(F)F)cc(C(F)(F)F)c1. The molecular weight excluding hydrogens is 621 g/mol. The summed E-state index contributed by atoms with van der Waals surface area (Å²) < 4.78 is 94.8. The number of alkyl halides is 6. The molecule has 2 saturated heterocycles. The van der Waals surface area contributed by atoms with Crippen molar-refractivity contribution in [1.29, 1.82) is 0 Å². The maximum Gasteiger partial charge on any atom is 0.429 e. The highest BCUT2D eigenvalue weighted by atomic mass is 19.4. The molecule has 5 rings (SSSR count). The van der Waals surface area contributed by atoms with E-state index in [9.17, 15) is 40.3 Å². The Morgan fingerprint density at radius 1 is 0.891 bits per heavy atom. The molecule has 14 heteroatoms. The maximum absolute atomic E-state index is 14.0. The number of hydrogen-bond donors (Lipinski definition) is 0. The van der Waals surface area contributed by atoms with Gasteiger partial charge in [-0.05, 0) is 86.6 Å². The summed E-state index contributed by atoms with van der Waals surface area (Å²) >= 11 is 0. The third-order valence-electron chi connectivity index (χ3n) is 9.34. The number of rotatable bonds is 6. The van der Waals surface area contributed by atoms with Crippen molar-refractivity contribution in [2.75, 3.05) is 39.8 Å². The fourth-order valence-corrected chi connectivity index (χ4v) is 6.32. The van der Waals surface area contributed by atoms with Crippen LogP contribution < -0.4 is 0 Å². The minimum atomic E-state index is -5.03. The Kier molecular flexibility index (Phi) is 9.61. The maximum atomic E-state index is 14.0. The molecule has 252 valence electrons. The monoisotopic (exact) mass is 658 g/mol. The third kappa shape index (κ3) is 7.59. The average molecular weight is 659 g/mol. The largest absolute Gasteiger partial charge is 0.429 e. The molecule has 0 unspecified atom stereocenters. The number of aryl methyl sites for hydroxylation is 1. The first-order valence-electron chi connectivity index (χ1n) is 15.3. The second kappa shape index (κ2) is 13.0. The summed E-state index contributed by atoms with van der Waals surface area (Å²) in [4.78, 5) is 36.8. The van der Waals surface area contributed by atoms with Crippen LogP contribution in [0.1, 0.15) is 72.5 Å². The summed E-state index contributed by atoms with van der Waals surface area (Å²) in [7, 11) is 1.24. The quantitative estimate of drug-likeness (QED) is 0.314. The third-order valence-corrected chi connectivity index (χ3v) is 9.34. The van der Waals surface area contributed by atoms with Gasteiger partial charge in [-0.1, -0.05) is 6.07 Å². The van der Waals surface area contributed by atoms with Crippen molar-refractivity contribution >= 4 is 12.0 Å². The lowest BCUT2D eigenvalue weighted by Gasteiger charge is -2.45. The van der Waals surface area contributed by atoms with E-state index >= 15 is 0 Å². The topological polar surface area (TPSA) is 56.3 Å². The highest BCUT2D eigenvalue weighted by Crippen LogP contribution is 2.40. The highest BCUT2D eigenvalue weighted by Gasteiger charge is 2.41. The fourth-order valence-electron chi connectivity index (χ4n) is 6.32. The number of hydroxylamine groups is 2. The summed E-state index contributed by atoms with van der Waals surface area (Å²) in [6.45, 7) is 5.97. The Morgan fingerprint density at radius 2 is 1.50 bits per heavy atom. The van der Waals surface area contributed by atoms with Gasteiger partial charge in [-0.15, -0.1) is 5.06 Å². The molecule has 7 nitrogen and oxygen atoms in total. The molecule has 0 radical (unpaired) electrons. The predicted molar refractivity (Wildman–Crippen MR) is 154 cm³/mol. The fraction of sp³-hybridized carbons (Fsp3) is 0.562. The summed E-state index contributed by atoms with van der Waals surface area (Å²) in [5, 5.41) is 1.46.